The van der Waals surface area contributed by atoms with Crippen LogP contribution in [0.25, 0.3) is 11.6 Å². The van der Waals surface area contributed by atoms with Gasteiger partial charge in [0, 0.05) is 28.3 Å². The summed E-state index contributed by atoms with van der Waals surface area (Å²) in [5.74, 6) is -1.11. The molecule has 2 aliphatic rings. The molecule has 0 aromatic heterocycles. The summed E-state index contributed by atoms with van der Waals surface area (Å²) in [6.07, 6.45) is 3.69. The van der Waals surface area contributed by atoms with Gasteiger partial charge in [0.05, 0.1) is 11.2 Å². The van der Waals surface area contributed by atoms with Crippen LogP contribution in [0.2, 0.25) is 10.0 Å². The van der Waals surface area contributed by atoms with Gasteiger partial charge in [0.1, 0.15) is 5.57 Å². The van der Waals surface area contributed by atoms with Gasteiger partial charge in [0.25, 0.3) is 11.8 Å². The number of anilines is 2. The Balaban J connectivity index is 1.80. The summed E-state index contributed by atoms with van der Waals surface area (Å²) in [6.45, 7) is 6.29. The van der Waals surface area contributed by atoms with Gasteiger partial charge in [-0.25, -0.2) is 0 Å². The van der Waals surface area contributed by atoms with E-state index in [0.29, 0.717) is 21.3 Å². The van der Waals surface area contributed by atoms with Crippen molar-refractivity contribution in [1.29, 1.82) is 0 Å². The molecule has 2 aromatic carbocycles. The maximum Gasteiger partial charge on any atom is 0.270 e. The van der Waals surface area contributed by atoms with Crippen molar-refractivity contribution in [2.24, 2.45) is 0 Å². The first-order chi connectivity index (χ1) is 15.0. The second kappa shape index (κ2) is 8.03. The van der Waals surface area contributed by atoms with Gasteiger partial charge in [0.15, 0.2) is 5.11 Å². The number of nitrogens with one attached hydrogen (secondary N) is 1. The number of nitrogens with zero attached hydrogens (tertiary/aromatic N) is 2. The van der Waals surface area contributed by atoms with E-state index >= 15 is 0 Å². The Morgan fingerprint density at radius 3 is 2.53 bits per heavy atom. The summed E-state index contributed by atoms with van der Waals surface area (Å²) in [5, 5.41) is 3.47. The third-order valence-corrected chi connectivity index (χ3v) is 6.65. The van der Waals surface area contributed by atoms with E-state index in [4.69, 9.17) is 35.4 Å². The van der Waals surface area contributed by atoms with Crippen LogP contribution >= 0.6 is 35.4 Å². The molecular formula is C24H21Cl2N3O2S. The van der Waals surface area contributed by atoms with E-state index in [1.807, 2.05) is 26.1 Å². The van der Waals surface area contributed by atoms with Crippen molar-refractivity contribution in [2.45, 2.75) is 26.3 Å². The number of carbonyl (C=O) groups is 2. The summed E-state index contributed by atoms with van der Waals surface area (Å²) >= 11 is 17.9. The van der Waals surface area contributed by atoms with Gasteiger partial charge >= 0.3 is 0 Å². The van der Waals surface area contributed by atoms with Crippen molar-refractivity contribution in [3.63, 3.8) is 0 Å². The van der Waals surface area contributed by atoms with E-state index in [2.05, 4.69) is 30.1 Å². The lowest BCUT2D eigenvalue weighted by Crippen LogP contribution is -2.54. The molecule has 1 saturated heterocycles. The average molecular weight is 486 g/mol. The molecule has 1 N–H and O–H groups in total. The van der Waals surface area contributed by atoms with Gasteiger partial charge in [-0.2, -0.15) is 0 Å². The Morgan fingerprint density at radius 2 is 1.84 bits per heavy atom. The lowest BCUT2D eigenvalue weighted by Gasteiger charge is -2.40. The zero-order valence-corrected chi connectivity index (χ0v) is 20.3. The molecule has 0 aliphatic carbocycles. The maximum absolute atomic E-state index is 13.3. The second-order valence-corrected chi connectivity index (χ2v) is 9.60. The fourth-order valence-electron chi connectivity index (χ4n) is 3.96. The monoisotopic (exact) mass is 485 g/mol. The zero-order valence-electron chi connectivity index (χ0n) is 18.0. The molecular weight excluding hydrogens is 465 g/mol. The molecule has 2 heterocycles. The van der Waals surface area contributed by atoms with E-state index in [-0.39, 0.29) is 16.2 Å². The number of benzene rings is 2. The van der Waals surface area contributed by atoms with Crippen LogP contribution in [0.4, 0.5) is 11.4 Å². The van der Waals surface area contributed by atoms with Crippen LogP contribution in [-0.2, 0) is 9.59 Å². The largest absolute Gasteiger partial charge is 0.365 e. The Kier molecular flexibility index (Phi) is 5.65. The SMILES string of the molecule is CC1=CC(C)(C)N(C)c2cc(Cl)c(/C=C3/C(=O)NC(=S)N(c4cccc(Cl)c4)C3=O)cc21. The van der Waals surface area contributed by atoms with Crippen molar-refractivity contribution in [3.05, 3.63) is 69.2 Å². The molecule has 8 heteroatoms. The van der Waals surface area contributed by atoms with Gasteiger partial charge in [-0.15, -0.1) is 0 Å². The first-order valence-electron chi connectivity index (χ1n) is 9.94. The number of fused-ring (bicyclic) bond motifs is 1. The van der Waals surface area contributed by atoms with E-state index in [9.17, 15) is 9.59 Å². The summed E-state index contributed by atoms with van der Waals surface area (Å²) in [4.78, 5) is 29.3. The Morgan fingerprint density at radius 1 is 1.12 bits per heavy atom. The number of halogens is 2. The quantitative estimate of drug-likeness (QED) is 0.348. The maximum atomic E-state index is 13.3. The topological polar surface area (TPSA) is 52.7 Å². The van der Waals surface area contributed by atoms with E-state index in [1.54, 1.807) is 24.3 Å². The highest BCUT2D eigenvalue weighted by Gasteiger charge is 2.35. The number of hydrogen-bond acceptors (Lipinski definition) is 4. The lowest BCUT2D eigenvalue weighted by molar-refractivity contribution is -0.122. The van der Waals surface area contributed by atoms with Crippen LogP contribution in [0.5, 0.6) is 0 Å². The highest BCUT2D eigenvalue weighted by atomic mass is 35.5. The van der Waals surface area contributed by atoms with Gasteiger partial charge in [-0.3, -0.25) is 19.8 Å². The van der Waals surface area contributed by atoms with E-state index < -0.39 is 11.8 Å². The minimum atomic E-state index is -0.572. The fourth-order valence-corrected chi connectivity index (χ4v) is 4.64. The predicted octanol–water partition coefficient (Wildman–Crippen LogP) is 5.46. The third kappa shape index (κ3) is 3.83. The van der Waals surface area contributed by atoms with Crippen LogP contribution in [0.3, 0.4) is 0 Å². The average Bonchev–Trinajstić information content (AvgIpc) is 2.69. The second-order valence-electron chi connectivity index (χ2n) is 8.37. The predicted molar refractivity (Wildman–Crippen MR) is 135 cm³/mol. The van der Waals surface area contributed by atoms with Crippen molar-refractivity contribution in [2.75, 3.05) is 16.8 Å². The van der Waals surface area contributed by atoms with Gasteiger partial charge < -0.3 is 4.90 Å². The Labute approximate surface area is 202 Å². The fraction of sp³-hybridized carbons (Fsp3) is 0.208. The molecule has 5 nitrogen and oxygen atoms in total. The normalized spacial score (nSPS) is 19.1. The summed E-state index contributed by atoms with van der Waals surface area (Å²) < 4.78 is 0. The van der Waals surface area contributed by atoms with Crippen LogP contribution in [0.1, 0.15) is 31.9 Å². The summed E-state index contributed by atoms with van der Waals surface area (Å²) in [5.41, 5.74) is 3.90. The summed E-state index contributed by atoms with van der Waals surface area (Å²) in [7, 11) is 2.01. The number of allylic oxidation sites excluding steroid dienone is 1. The van der Waals surface area contributed by atoms with Crippen LogP contribution in [-0.4, -0.2) is 29.5 Å². The van der Waals surface area contributed by atoms with Crippen LogP contribution in [0.15, 0.2) is 48.0 Å². The van der Waals surface area contributed by atoms with Crippen molar-refractivity contribution >= 4 is 75.4 Å². The molecule has 164 valence electrons. The molecule has 0 spiro atoms. The zero-order chi connectivity index (χ0) is 23.4. The molecule has 0 atom stereocenters. The first kappa shape index (κ1) is 22.5. The number of carbonyl (C=O) groups excluding carboxylic acids is 2. The van der Waals surface area contributed by atoms with Crippen LogP contribution < -0.4 is 15.1 Å². The minimum absolute atomic E-state index is 0.00131. The van der Waals surface area contributed by atoms with Gasteiger partial charge in [-0.1, -0.05) is 35.3 Å². The molecule has 2 aliphatic heterocycles. The number of thiocarbonyl (C=S) groups is 1. The van der Waals surface area contributed by atoms with E-state index in [0.717, 1.165) is 16.8 Å². The minimum Gasteiger partial charge on any atom is -0.365 e. The lowest BCUT2D eigenvalue weighted by atomic mass is 9.88. The molecule has 1 fully saturated rings. The third-order valence-electron chi connectivity index (χ3n) is 5.80. The van der Waals surface area contributed by atoms with E-state index in [1.165, 1.54) is 11.0 Å². The molecule has 4 rings (SSSR count). The smallest absolute Gasteiger partial charge is 0.270 e. The molecule has 0 unspecified atom stereocenters. The molecule has 0 radical (unpaired) electrons. The standard InChI is InChI=1S/C24H21Cl2N3O2S/c1-13-12-24(2,3)28(4)20-11-19(26)14(8-17(13)20)9-18-21(30)27-23(32)29(22(18)31)16-7-5-6-15(25)10-16/h5-12H,1-4H3,(H,27,30,32)/b18-9-. The van der Waals surface area contributed by atoms with Crippen LogP contribution in [0, 0.1) is 0 Å². The number of amides is 2. The molecule has 2 aromatic rings. The number of likely N-dealkylation sites (N-methyl/N-ethyl adjacent to an activating group) is 1. The highest BCUT2D eigenvalue weighted by Crippen LogP contribution is 2.41. The number of rotatable bonds is 2. The van der Waals surface area contributed by atoms with Crippen molar-refractivity contribution < 1.29 is 9.59 Å². The molecule has 2 amide bonds. The van der Waals surface area contributed by atoms with Crippen molar-refractivity contribution in [3.8, 4) is 0 Å². The number of hydrogen-bond donors (Lipinski definition) is 1. The first-order valence-corrected chi connectivity index (χ1v) is 11.1. The summed E-state index contributed by atoms with van der Waals surface area (Å²) in [6, 6.07) is 10.5. The molecule has 0 saturated carbocycles. The highest BCUT2D eigenvalue weighted by molar-refractivity contribution is 7.80. The molecule has 32 heavy (non-hydrogen) atoms. The Hall–Kier alpha value is -2.67. The Bertz CT molecular complexity index is 1250. The van der Waals surface area contributed by atoms with Crippen molar-refractivity contribution in [1.82, 2.24) is 5.32 Å². The molecule has 0 bridgehead atoms. The van der Waals surface area contributed by atoms with Gasteiger partial charge in [0.2, 0.25) is 0 Å². The van der Waals surface area contributed by atoms with Gasteiger partial charge in [-0.05, 0) is 80.5 Å².